The van der Waals surface area contributed by atoms with Crippen molar-refractivity contribution in [3.05, 3.63) is 54.7 Å². The third kappa shape index (κ3) is 2.77. The van der Waals surface area contributed by atoms with Gasteiger partial charge in [0.1, 0.15) is 0 Å². The maximum absolute atomic E-state index is 3.49. The van der Waals surface area contributed by atoms with Gasteiger partial charge in [-0.2, -0.15) is 0 Å². The highest BCUT2D eigenvalue weighted by atomic mass is 15.2. The van der Waals surface area contributed by atoms with Crippen molar-refractivity contribution < 1.29 is 4.57 Å². The van der Waals surface area contributed by atoms with Crippen LogP contribution in [0.15, 0.2) is 54.7 Å². The quantitative estimate of drug-likeness (QED) is 0.700. The second kappa shape index (κ2) is 6.00. The van der Waals surface area contributed by atoms with Crippen molar-refractivity contribution in [3.8, 4) is 0 Å². The van der Waals surface area contributed by atoms with Crippen molar-refractivity contribution in [2.75, 3.05) is 5.32 Å². The number of fused-ring (bicyclic) bond motifs is 1. The summed E-state index contributed by atoms with van der Waals surface area (Å²) in [4.78, 5) is 0. The van der Waals surface area contributed by atoms with Gasteiger partial charge in [-0.1, -0.05) is 31.5 Å². The summed E-state index contributed by atoms with van der Waals surface area (Å²) < 4.78 is 4.58. The first-order valence-electron chi connectivity index (χ1n) is 7.59. The van der Waals surface area contributed by atoms with Crippen molar-refractivity contribution >= 4 is 22.5 Å². The number of rotatable bonds is 5. The Labute approximate surface area is 125 Å². The van der Waals surface area contributed by atoms with Gasteiger partial charge in [0.15, 0.2) is 0 Å². The number of hydrogen-bond donors (Lipinski definition) is 1. The molecule has 0 aliphatic carbocycles. The number of nitrogens with one attached hydrogen (secondary N) is 1. The van der Waals surface area contributed by atoms with Crippen LogP contribution in [0, 0.1) is 0 Å². The van der Waals surface area contributed by atoms with Crippen LogP contribution in [0.1, 0.15) is 19.8 Å². The predicted octanol–water partition coefficient (Wildman–Crippen LogP) is 4.01. The fourth-order valence-corrected chi connectivity index (χ4v) is 2.70. The molecule has 2 aromatic heterocycles. The first-order chi connectivity index (χ1) is 10.3. The molecule has 1 aromatic carbocycles. The van der Waals surface area contributed by atoms with Crippen LogP contribution in [0.5, 0.6) is 0 Å². The van der Waals surface area contributed by atoms with Gasteiger partial charge < -0.3 is 0 Å². The summed E-state index contributed by atoms with van der Waals surface area (Å²) in [5, 5.41) is 4.77. The second-order valence-corrected chi connectivity index (χ2v) is 5.41. The number of aryl methyl sites for hydroxylation is 2. The van der Waals surface area contributed by atoms with E-state index >= 15 is 0 Å². The number of pyridine rings is 1. The predicted molar refractivity (Wildman–Crippen MR) is 87.7 cm³/mol. The van der Waals surface area contributed by atoms with E-state index in [1.165, 1.54) is 23.9 Å². The van der Waals surface area contributed by atoms with Gasteiger partial charge in [0, 0.05) is 6.07 Å². The normalized spacial score (nSPS) is 11.0. The van der Waals surface area contributed by atoms with Gasteiger partial charge in [0.2, 0.25) is 11.5 Å². The first kappa shape index (κ1) is 13.7. The van der Waals surface area contributed by atoms with Crippen LogP contribution < -0.4 is 9.88 Å². The van der Waals surface area contributed by atoms with Crippen molar-refractivity contribution in [1.82, 2.24) is 4.57 Å². The zero-order valence-electron chi connectivity index (χ0n) is 12.7. The fourth-order valence-electron chi connectivity index (χ4n) is 2.70. The lowest BCUT2D eigenvalue weighted by molar-refractivity contribution is -0.633. The van der Waals surface area contributed by atoms with Crippen molar-refractivity contribution in [3.63, 3.8) is 0 Å². The molecule has 0 saturated heterocycles. The van der Waals surface area contributed by atoms with Gasteiger partial charge in [-0.3, -0.25) is 9.88 Å². The van der Waals surface area contributed by atoms with Gasteiger partial charge in [-0.25, -0.2) is 4.57 Å². The number of aromatic nitrogens is 2. The Kier molecular flexibility index (Phi) is 3.91. The van der Waals surface area contributed by atoms with E-state index in [0.29, 0.717) is 0 Å². The first-order valence-corrected chi connectivity index (χ1v) is 7.59. The third-order valence-corrected chi connectivity index (χ3v) is 3.86. The van der Waals surface area contributed by atoms with E-state index in [-0.39, 0.29) is 0 Å². The molecule has 0 unspecified atom stereocenters. The fraction of sp³-hybridized carbons (Fsp3) is 0.278. The molecule has 0 atom stereocenters. The van der Waals surface area contributed by atoms with Gasteiger partial charge >= 0.3 is 0 Å². The molecule has 3 heteroatoms. The summed E-state index contributed by atoms with van der Waals surface area (Å²) in [5.74, 6) is 1.10. The lowest BCUT2D eigenvalue weighted by Crippen LogP contribution is -2.34. The van der Waals surface area contributed by atoms with Crippen molar-refractivity contribution in [2.24, 2.45) is 7.05 Å². The van der Waals surface area contributed by atoms with Crippen LogP contribution in [0.25, 0.3) is 11.0 Å². The topological polar surface area (TPSA) is 20.8 Å². The Morgan fingerprint density at radius 1 is 1.05 bits per heavy atom. The van der Waals surface area contributed by atoms with Crippen LogP contribution in [0.3, 0.4) is 0 Å². The highest BCUT2D eigenvalue weighted by Gasteiger charge is 2.13. The Morgan fingerprint density at radius 2 is 1.86 bits per heavy atom. The summed E-state index contributed by atoms with van der Waals surface area (Å²) in [5.41, 5.74) is 2.38. The molecule has 0 spiro atoms. The average Bonchev–Trinajstić information content (AvgIpc) is 2.93. The smallest absolute Gasteiger partial charge is 0.235 e. The van der Waals surface area contributed by atoms with Gasteiger partial charge in [-0.05, 0) is 30.7 Å². The highest BCUT2D eigenvalue weighted by Crippen LogP contribution is 2.18. The Bertz CT molecular complexity index is 729. The lowest BCUT2D eigenvalue weighted by atomic mass is 10.3. The molecule has 21 heavy (non-hydrogen) atoms. The Balaban J connectivity index is 1.98. The standard InChI is InChI=1S/C18H21N3/c1-3-4-13-21-14-12-15-10-11-17(20(2)18(15)21)19-16-8-6-5-7-9-16/h5-12,14H,3-4,13H2,1-2H3/p+1. The molecular formula is C18H22N3+. The van der Waals surface area contributed by atoms with Crippen LogP contribution >= 0.6 is 0 Å². The minimum Gasteiger partial charge on any atom is -0.273 e. The summed E-state index contributed by atoms with van der Waals surface area (Å²) in [6, 6.07) is 16.8. The maximum Gasteiger partial charge on any atom is 0.235 e. The molecule has 0 radical (unpaired) electrons. The van der Waals surface area contributed by atoms with Gasteiger partial charge in [-0.15, -0.1) is 0 Å². The number of para-hydroxylation sites is 1. The van der Waals surface area contributed by atoms with E-state index in [1.807, 2.05) is 18.2 Å². The molecular weight excluding hydrogens is 258 g/mol. The largest absolute Gasteiger partial charge is 0.273 e. The van der Waals surface area contributed by atoms with Crippen LogP contribution in [0.4, 0.5) is 11.5 Å². The van der Waals surface area contributed by atoms with Crippen molar-refractivity contribution in [1.29, 1.82) is 0 Å². The number of hydrogen-bond acceptors (Lipinski definition) is 1. The van der Waals surface area contributed by atoms with E-state index < -0.39 is 0 Å². The number of anilines is 2. The van der Waals surface area contributed by atoms with E-state index in [9.17, 15) is 0 Å². The Morgan fingerprint density at radius 3 is 2.62 bits per heavy atom. The van der Waals surface area contributed by atoms with Gasteiger partial charge in [0.25, 0.3) is 0 Å². The molecule has 0 aliphatic heterocycles. The van der Waals surface area contributed by atoms with Gasteiger partial charge in [0.05, 0.1) is 30.9 Å². The number of nitrogens with zero attached hydrogens (tertiary/aromatic N) is 2. The monoisotopic (exact) mass is 280 g/mol. The maximum atomic E-state index is 3.49. The zero-order valence-corrected chi connectivity index (χ0v) is 12.7. The molecule has 0 amide bonds. The molecule has 0 saturated carbocycles. The second-order valence-electron chi connectivity index (χ2n) is 5.41. The molecule has 0 bridgehead atoms. The summed E-state index contributed by atoms with van der Waals surface area (Å²) in [6.07, 6.45) is 4.61. The number of benzene rings is 1. The SMILES string of the molecule is CCCCn1ccc2ccc(Nc3ccccc3)[n+](C)c21. The third-order valence-electron chi connectivity index (χ3n) is 3.86. The average molecular weight is 280 g/mol. The molecule has 3 rings (SSSR count). The van der Waals surface area contributed by atoms with E-state index in [0.717, 1.165) is 18.1 Å². The molecule has 108 valence electrons. The molecule has 0 aliphatic rings. The highest BCUT2D eigenvalue weighted by molar-refractivity contribution is 5.75. The van der Waals surface area contributed by atoms with Crippen molar-refractivity contribution in [2.45, 2.75) is 26.3 Å². The van der Waals surface area contributed by atoms with Crippen LogP contribution in [-0.2, 0) is 13.6 Å². The lowest BCUT2D eigenvalue weighted by Gasteiger charge is -2.08. The Hall–Kier alpha value is -2.29. The molecule has 1 N–H and O–H groups in total. The van der Waals surface area contributed by atoms with E-state index in [1.54, 1.807) is 0 Å². The number of unbranched alkanes of at least 4 members (excludes halogenated alkanes) is 1. The zero-order chi connectivity index (χ0) is 14.7. The molecule has 3 nitrogen and oxygen atoms in total. The van der Waals surface area contributed by atoms with Crippen LogP contribution in [-0.4, -0.2) is 4.57 Å². The van der Waals surface area contributed by atoms with E-state index in [2.05, 4.69) is 65.0 Å². The summed E-state index contributed by atoms with van der Waals surface area (Å²) in [7, 11) is 2.12. The summed E-state index contributed by atoms with van der Waals surface area (Å²) in [6.45, 7) is 3.30. The minimum atomic E-state index is 1.07. The van der Waals surface area contributed by atoms with Crippen LogP contribution in [0.2, 0.25) is 0 Å². The molecule has 2 heterocycles. The van der Waals surface area contributed by atoms with E-state index in [4.69, 9.17) is 0 Å². The molecule has 3 aromatic rings. The minimum absolute atomic E-state index is 1.07. The summed E-state index contributed by atoms with van der Waals surface area (Å²) >= 11 is 0. The molecule has 0 fully saturated rings.